The van der Waals surface area contributed by atoms with E-state index in [1.54, 1.807) is 0 Å². The fourth-order valence-electron chi connectivity index (χ4n) is 3.32. The van der Waals surface area contributed by atoms with E-state index in [9.17, 15) is 4.79 Å². The molecule has 4 aliphatic rings. The minimum absolute atomic E-state index is 0.331. The van der Waals surface area contributed by atoms with Crippen LogP contribution in [0.5, 0.6) is 0 Å². The van der Waals surface area contributed by atoms with Gasteiger partial charge < -0.3 is 5.32 Å². The van der Waals surface area contributed by atoms with E-state index in [1.165, 1.54) is 24.0 Å². The molecule has 1 N–H and O–H groups in total. The van der Waals surface area contributed by atoms with Crippen molar-refractivity contribution in [1.82, 2.24) is 5.32 Å². The van der Waals surface area contributed by atoms with Crippen LogP contribution in [0.15, 0.2) is 46.6 Å². The molecule has 0 spiro atoms. The third-order valence-electron chi connectivity index (χ3n) is 4.65. The number of nitrogens with one attached hydrogen (secondary N) is 1. The minimum atomic E-state index is 0.331. The molecule has 19 heavy (non-hydrogen) atoms. The van der Waals surface area contributed by atoms with Crippen molar-refractivity contribution in [3.05, 3.63) is 46.6 Å². The zero-order chi connectivity index (χ0) is 13.0. The van der Waals surface area contributed by atoms with Gasteiger partial charge in [-0.05, 0) is 54.1 Å². The van der Waals surface area contributed by atoms with Crippen LogP contribution in [0.1, 0.15) is 19.8 Å². The molecule has 1 heterocycles. The summed E-state index contributed by atoms with van der Waals surface area (Å²) in [5.41, 5.74) is 3.55. The highest BCUT2D eigenvalue weighted by atomic mass is 32.2. The molecule has 0 aromatic heterocycles. The highest BCUT2D eigenvalue weighted by Gasteiger charge is 2.54. The Hall–Kier alpha value is -1.22. The molecular formula is C16H17NOS. The molecule has 0 saturated heterocycles. The number of thioether (sulfide) groups is 1. The first-order chi connectivity index (χ1) is 9.22. The van der Waals surface area contributed by atoms with E-state index in [1.807, 2.05) is 11.8 Å². The summed E-state index contributed by atoms with van der Waals surface area (Å²) in [6.45, 7) is 2.18. The molecule has 1 aliphatic heterocycles. The number of allylic oxidation sites excluding steroid dienone is 4. The number of carbonyl (C=O) groups is 1. The summed E-state index contributed by atoms with van der Waals surface area (Å²) in [6, 6.07) is 0. The lowest BCUT2D eigenvalue weighted by Crippen LogP contribution is -2.16. The Morgan fingerprint density at radius 2 is 2.32 bits per heavy atom. The average molecular weight is 271 g/mol. The Morgan fingerprint density at radius 1 is 1.47 bits per heavy atom. The molecule has 4 rings (SSSR count). The summed E-state index contributed by atoms with van der Waals surface area (Å²) >= 11 is 1.94. The standard InChI is InChI=1S/C16H17NOS/c1-10(7-16-8-13(16)2-3-19-16)14-5-11-4-12(11)6-15(14)17-9-18/h2-3,5-7,9,11-13H,4,8H2,1H3,(H,17,18)/b10-7+. The molecule has 2 saturated carbocycles. The van der Waals surface area contributed by atoms with Gasteiger partial charge in [-0.3, -0.25) is 4.79 Å². The molecular weight excluding hydrogens is 254 g/mol. The Bertz CT molecular complexity index is 571. The van der Waals surface area contributed by atoms with Gasteiger partial charge in [0.05, 0.1) is 0 Å². The molecule has 98 valence electrons. The van der Waals surface area contributed by atoms with Gasteiger partial charge in [0.15, 0.2) is 0 Å². The van der Waals surface area contributed by atoms with Crippen LogP contribution in [0.25, 0.3) is 0 Å². The highest BCUT2D eigenvalue weighted by Crippen LogP contribution is 2.62. The number of carbonyl (C=O) groups excluding carboxylic acids is 1. The Labute approximate surface area is 117 Å². The van der Waals surface area contributed by atoms with Crippen molar-refractivity contribution < 1.29 is 4.79 Å². The van der Waals surface area contributed by atoms with Crippen molar-refractivity contribution in [1.29, 1.82) is 0 Å². The summed E-state index contributed by atoms with van der Waals surface area (Å²) in [5.74, 6) is 2.10. The Morgan fingerprint density at radius 3 is 3.00 bits per heavy atom. The van der Waals surface area contributed by atoms with Gasteiger partial charge in [0, 0.05) is 10.4 Å². The van der Waals surface area contributed by atoms with Gasteiger partial charge in [0.1, 0.15) is 0 Å². The van der Waals surface area contributed by atoms with Gasteiger partial charge >= 0.3 is 0 Å². The summed E-state index contributed by atoms with van der Waals surface area (Å²) < 4.78 is 0.331. The molecule has 2 nitrogen and oxygen atoms in total. The van der Waals surface area contributed by atoms with Crippen LogP contribution in [-0.4, -0.2) is 11.2 Å². The largest absolute Gasteiger partial charge is 0.328 e. The topological polar surface area (TPSA) is 29.1 Å². The van der Waals surface area contributed by atoms with Crippen molar-refractivity contribution in [3.63, 3.8) is 0 Å². The van der Waals surface area contributed by atoms with Gasteiger partial charge in [0.2, 0.25) is 6.41 Å². The summed E-state index contributed by atoms with van der Waals surface area (Å²) in [4.78, 5) is 10.8. The fourth-order valence-corrected chi connectivity index (χ4v) is 4.61. The van der Waals surface area contributed by atoms with Crippen LogP contribution in [0, 0.1) is 17.8 Å². The van der Waals surface area contributed by atoms with Crippen molar-refractivity contribution in [2.45, 2.75) is 24.5 Å². The van der Waals surface area contributed by atoms with E-state index in [4.69, 9.17) is 0 Å². The van der Waals surface area contributed by atoms with Crippen LogP contribution in [0.4, 0.5) is 0 Å². The predicted octanol–water partition coefficient (Wildman–Crippen LogP) is 3.16. The average Bonchev–Trinajstić information content (AvgIpc) is 3.26. The van der Waals surface area contributed by atoms with Crippen molar-refractivity contribution in [2.75, 3.05) is 0 Å². The second-order valence-corrected chi connectivity index (χ2v) is 7.29. The molecule has 4 unspecified atom stereocenters. The zero-order valence-corrected chi connectivity index (χ0v) is 11.7. The molecule has 0 bridgehead atoms. The van der Waals surface area contributed by atoms with Crippen LogP contribution >= 0.6 is 11.8 Å². The molecule has 1 amide bonds. The second-order valence-electron chi connectivity index (χ2n) is 6.03. The van der Waals surface area contributed by atoms with Crippen LogP contribution < -0.4 is 5.32 Å². The second kappa shape index (κ2) is 3.89. The maximum atomic E-state index is 10.8. The minimum Gasteiger partial charge on any atom is -0.328 e. The fraction of sp³-hybridized carbons (Fsp3) is 0.438. The molecule has 0 aromatic carbocycles. The Balaban J connectivity index is 1.62. The van der Waals surface area contributed by atoms with E-state index in [2.05, 4.69) is 42.0 Å². The lowest BCUT2D eigenvalue weighted by atomic mass is 9.96. The molecule has 0 aromatic rings. The van der Waals surface area contributed by atoms with E-state index < -0.39 is 0 Å². The van der Waals surface area contributed by atoms with Crippen molar-refractivity contribution >= 4 is 18.2 Å². The summed E-state index contributed by atoms with van der Waals surface area (Å²) in [5, 5.41) is 5.10. The number of fused-ring (bicyclic) bond motifs is 2. The SMILES string of the molecule is C/C(=C\C12CC1C=CS2)C1=CC2CC2C=C1NC=O. The van der Waals surface area contributed by atoms with E-state index in [-0.39, 0.29) is 0 Å². The van der Waals surface area contributed by atoms with E-state index in [0.29, 0.717) is 16.6 Å². The van der Waals surface area contributed by atoms with E-state index >= 15 is 0 Å². The summed E-state index contributed by atoms with van der Waals surface area (Å²) in [6.07, 6.45) is 12.6. The van der Waals surface area contributed by atoms with Gasteiger partial charge in [-0.1, -0.05) is 24.3 Å². The van der Waals surface area contributed by atoms with Crippen molar-refractivity contribution in [2.24, 2.45) is 17.8 Å². The summed E-state index contributed by atoms with van der Waals surface area (Å²) in [7, 11) is 0. The van der Waals surface area contributed by atoms with Crippen LogP contribution in [0.2, 0.25) is 0 Å². The van der Waals surface area contributed by atoms with E-state index in [0.717, 1.165) is 18.0 Å². The first-order valence-electron chi connectivity index (χ1n) is 6.90. The maximum Gasteiger partial charge on any atom is 0.211 e. The smallest absolute Gasteiger partial charge is 0.211 e. The number of amides is 1. The maximum absolute atomic E-state index is 10.8. The van der Waals surface area contributed by atoms with Crippen molar-refractivity contribution in [3.8, 4) is 0 Å². The third kappa shape index (κ3) is 1.83. The third-order valence-corrected chi connectivity index (χ3v) is 5.97. The number of hydrogen-bond acceptors (Lipinski definition) is 2. The number of hydrogen-bond donors (Lipinski definition) is 1. The van der Waals surface area contributed by atoms with Gasteiger partial charge in [-0.15, -0.1) is 11.8 Å². The van der Waals surface area contributed by atoms with Gasteiger partial charge in [0.25, 0.3) is 0 Å². The first-order valence-corrected chi connectivity index (χ1v) is 7.78. The van der Waals surface area contributed by atoms with Gasteiger partial charge in [-0.25, -0.2) is 0 Å². The Kier molecular flexibility index (Phi) is 2.37. The van der Waals surface area contributed by atoms with Crippen LogP contribution in [0.3, 0.4) is 0 Å². The zero-order valence-electron chi connectivity index (χ0n) is 10.9. The molecule has 2 fully saturated rings. The van der Waals surface area contributed by atoms with Gasteiger partial charge in [-0.2, -0.15) is 0 Å². The highest BCUT2D eigenvalue weighted by molar-refractivity contribution is 8.04. The molecule has 4 atom stereocenters. The number of rotatable bonds is 4. The molecule has 3 heteroatoms. The predicted molar refractivity (Wildman–Crippen MR) is 78.3 cm³/mol. The monoisotopic (exact) mass is 271 g/mol. The molecule has 0 radical (unpaired) electrons. The van der Waals surface area contributed by atoms with Crippen LogP contribution in [-0.2, 0) is 4.79 Å². The quantitative estimate of drug-likeness (QED) is 0.796. The normalized spacial score (nSPS) is 41.9. The lowest BCUT2D eigenvalue weighted by molar-refractivity contribution is -0.108. The molecule has 3 aliphatic carbocycles. The first kappa shape index (κ1) is 11.6. The lowest BCUT2D eigenvalue weighted by Gasteiger charge is -2.17.